The van der Waals surface area contributed by atoms with Crippen molar-refractivity contribution in [2.75, 3.05) is 12.4 Å². The van der Waals surface area contributed by atoms with E-state index in [1.54, 1.807) is 30.3 Å². The van der Waals surface area contributed by atoms with Crippen LogP contribution in [0, 0.1) is 0 Å². The first kappa shape index (κ1) is 14.1. The molecule has 0 radical (unpaired) electrons. The molecule has 0 saturated heterocycles. The van der Waals surface area contributed by atoms with Crippen molar-refractivity contribution in [3.05, 3.63) is 59.2 Å². The van der Waals surface area contributed by atoms with Gasteiger partial charge < -0.3 is 10.4 Å². The number of benzene rings is 2. The summed E-state index contributed by atoms with van der Waals surface area (Å²) in [5.74, 6) is -0.320. The molecule has 1 unspecified atom stereocenters. The molecule has 2 aromatic carbocycles. The molecule has 5 heteroatoms. The number of amides is 2. The van der Waals surface area contributed by atoms with Gasteiger partial charge in [-0.3, -0.25) is 14.5 Å². The van der Waals surface area contributed by atoms with E-state index in [4.69, 9.17) is 0 Å². The summed E-state index contributed by atoms with van der Waals surface area (Å²) in [6, 6.07) is 12.1. The van der Waals surface area contributed by atoms with Crippen molar-refractivity contribution in [3.63, 3.8) is 0 Å². The van der Waals surface area contributed by atoms with E-state index in [2.05, 4.69) is 5.32 Å². The van der Waals surface area contributed by atoms with Gasteiger partial charge in [0, 0.05) is 18.8 Å². The highest BCUT2D eigenvalue weighted by Gasteiger charge is 2.32. The zero-order valence-electron chi connectivity index (χ0n) is 12.3. The van der Waals surface area contributed by atoms with Crippen LogP contribution in [-0.4, -0.2) is 28.9 Å². The molecule has 112 valence electrons. The molecule has 1 atom stereocenters. The number of imide groups is 1. The average molecular weight is 296 g/mol. The number of phenols is 1. The molecule has 3 rings (SSSR count). The first-order valence-electron chi connectivity index (χ1n) is 6.99. The Kier molecular flexibility index (Phi) is 3.33. The average Bonchev–Trinajstić information content (AvgIpc) is 2.72. The standard InChI is InChI=1S/C17H16N2O3/c1-10(11-3-6-13(20)7-4-11)18-12-5-8-14-15(9-12)17(22)19(2)16(14)21/h3-10,18,20H,1-2H3. The number of hydrogen-bond acceptors (Lipinski definition) is 4. The van der Waals surface area contributed by atoms with Gasteiger partial charge in [-0.15, -0.1) is 0 Å². The number of aromatic hydroxyl groups is 1. The van der Waals surface area contributed by atoms with Crippen LogP contribution in [0.25, 0.3) is 0 Å². The van der Waals surface area contributed by atoms with Gasteiger partial charge in [-0.05, 0) is 42.8 Å². The lowest BCUT2D eigenvalue weighted by atomic mass is 10.1. The summed E-state index contributed by atoms with van der Waals surface area (Å²) in [6.07, 6.45) is 0. The number of nitrogens with zero attached hydrogens (tertiary/aromatic N) is 1. The molecular formula is C17H16N2O3. The monoisotopic (exact) mass is 296 g/mol. The number of fused-ring (bicyclic) bond motifs is 1. The fourth-order valence-corrected chi connectivity index (χ4v) is 2.55. The van der Waals surface area contributed by atoms with E-state index < -0.39 is 0 Å². The molecule has 0 saturated carbocycles. The van der Waals surface area contributed by atoms with E-state index in [9.17, 15) is 14.7 Å². The van der Waals surface area contributed by atoms with E-state index in [0.717, 1.165) is 16.2 Å². The Balaban J connectivity index is 1.84. The van der Waals surface area contributed by atoms with Crippen molar-refractivity contribution in [1.82, 2.24) is 4.90 Å². The number of carbonyl (C=O) groups excluding carboxylic acids is 2. The van der Waals surface area contributed by atoms with Crippen LogP contribution in [0.2, 0.25) is 0 Å². The van der Waals surface area contributed by atoms with Crippen molar-refractivity contribution in [2.24, 2.45) is 0 Å². The summed E-state index contributed by atoms with van der Waals surface area (Å²) < 4.78 is 0. The van der Waals surface area contributed by atoms with Crippen molar-refractivity contribution < 1.29 is 14.7 Å². The molecule has 1 heterocycles. The lowest BCUT2D eigenvalue weighted by molar-refractivity contribution is 0.0693. The fourth-order valence-electron chi connectivity index (χ4n) is 2.55. The number of anilines is 1. The zero-order valence-corrected chi connectivity index (χ0v) is 12.3. The SMILES string of the molecule is CC(Nc1ccc2c(c1)C(=O)N(C)C2=O)c1ccc(O)cc1. The van der Waals surface area contributed by atoms with E-state index >= 15 is 0 Å². The van der Waals surface area contributed by atoms with Crippen molar-refractivity contribution in [3.8, 4) is 5.75 Å². The van der Waals surface area contributed by atoms with Crippen molar-refractivity contribution >= 4 is 17.5 Å². The first-order chi connectivity index (χ1) is 10.5. The number of carbonyl (C=O) groups is 2. The van der Waals surface area contributed by atoms with Crippen LogP contribution in [0.15, 0.2) is 42.5 Å². The highest BCUT2D eigenvalue weighted by molar-refractivity contribution is 6.21. The number of nitrogens with one attached hydrogen (secondary N) is 1. The lowest BCUT2D eigenvalue weighted by Gasteiger charge is -2.16. The molecule has 22 heavy (non-hydrogen) atoms. The van der Waals surface area contributed by atoms with Crippen LogP contribution in [0.5, 0.6) is 5.75 Å². The van der Waals surface area contributed by atoms with Crippen LogP contribution in [0.1, 0.15) is 39.2 Å². The quantitative estimate of drug-likeness (QED) is 0.855. The topological polar surface area (TPSA) is 69.6 Å². The van der Waals surface area contributed by atoms with Crippen LogP contribution in [0.3, 0.4) is 0 Å². The largest absolute Gasteiger partial charge is 0.508 e. The number of phenolic OH excluding ortho intramolecular Hbond substituents is 1. The molecule has 2 N–H and O–H groups in total. The summed E-state index contributed by atoms with van der Waals surface area (Å²) in [7, 11) is 1.48. The Morgan fingerprint density at radius 1 is 1.00 bits per heavy atom. The van der Waals surface area contributed by atoms with Crippen LogP contribution in [-0.2, 0) is 0 Å². The van der Waals surface area contributed by atoms with Gasteiger partial charge in [0.25, 0.3) is 11.8 Å². The van der Waals surface area contributed by atoms with Gasteiger partial charge in [-0.25, -0.2) is 0 Å². The second-order valence-electron chi connectivity index (χ2n) is 5.39. The third-order valence-corrected chi connectivity index (χ3v) is 3.87. The van der Waals surface area contributed by atoms with E-state index in [0.29, 0.717) is 11.1 Å². The third kappa shape index (κ3) is 2.30. The summed E-state index contributed by atoms with van der Waals surface area (Å²) in [4.78, 5) is 25.0. The smallest absolute Gasteiger partial charge is 0.261 e. The summed E-state index contributed by atoms with van der Waals surface area (Å²) in [6.45, 7) is 1.98. The Morgan fingerprint density at radius 3 is 2.32 bits per heavy atom. The molecule has 5 nitrogen and oxygen atoms in total. The van der Waals surface area contributed by atoms with E-state index in [-0.39, 0.29) is 23.6 Å². The Bertz CT molecular complexity index is 753. The lowest BCUT2D eigenvalue weighted by Crippen LogP contribution is -2.24. The summed E-state index contributed by atoms with van der Waals surface area (Å²) in [5, 5.41) is 12.6. The summed E-state index contributed by atoms with van der Waals surface area (Å²) >= 11 is 0. The molecule has 2 aromatic rings. The Labute approximate surface area is 128 Å². The third-order valence-electron chi connectivity index (χ3n) is 3.87. The van der Waals surface area contributed by atoms with E-state index in [1.165, 1.54) is 7.05 Å². The molecule has 2 amide bonds. The Hall–Kier alpha value is -2.82. The molecule has 0 spiro atoms. The highest BCUT2D eigenvalue weighted by Crippen LogP contribution is 2.27. The molecule has 0 aromatic heterocycles. The number of hydrogen-bond donors (Lipinski definition) is 2. The van der Waals surface area contributed by atoms with Gasteiger partial charge >= 0.3 is 0 Å². The summed E-state index contributed by atoms with van der Waals surface area (Å²) in [5.41, 5.74) is 2.65. The second kappa shape index (κ2) is 5.18. The Morgan fingerprint density at radius 2 is 1.64 bits per heavy atom. The number of rotatable bonds is 3. The first-order valence-corrected chi connectivity index (χ1v) is 6.99. The van der Waals surface area contributed by atoms with Gasteiger partial charge in [-0.2, -0.15) is 0 Å². The minimum atomic E-state index is -0.277. The molecule has 1 aliphatic heterocycles. The van der Waals surface area contributed by atoms with Gasteiger partial charge in [-0.1, -0.05) is 12.1 Å². The molecule has 0 bridgehead atoms. The second-order valence-corrected chi connectivity index (χ2v) is 5.39. The van der Waals surface area contributed by atoms with Crippen LogP contribution >= 0.6 is 0 Å². The zero-order chi connectivity index (χ0) is 15.9. The molecule has 1 aliphatic rings. The molecule has 0 fully saturated rings. The predicted molar refractivity (Wildman–Crippen MR) is 83.0 cm³/mol. The minimum absolute atomic E-state index is 0.00332. The van der Waals surface area contributed by atoms with Gasteiger partial charge in [0.05, 0.1) is 11.1 Å². The van der Waals surface area contributed by atoms with Gasteiger partial charge in [0.2, 0.25) is 0 Å². The highest BCUT2D eigenvalue weighted by atomic mass is 16.3. The fraction of sp³-hybridized carbons (Fsp3) is 0.176. The minimum Gasteiger partial charge on any atom is -0.508 e. The molecule has 0 aliphatic carbocycles. The van der Waals surface area contributed by atoms with Crippen molar-refractivity contribution in [1.29, 1.82) is 0 Å². The van der Waals surface area contributed by atoms with Crippen LogP contribution in [0.4, 0.5) is 5.69 Å². The maximum Gasteiger partial charge on any atom is 0.261 e. The van der Waals surface area contributed by atoms with Crippen LogP contribution < -0.4 is 5.32 Å². The maximum absolute atomic E-state index is 12.0. The van der Waals surface area contributed by atoms with E-state index in [1.807, 2.05) is 19.1 Å². The maximum atomic E-state index is 12.0. The van der Waals surface area contributed by atoms with Gasteiger partial charge in [0.15, 0.2) is 0 Å². The predicted octanol–water partition coefficient (Wildman–Crippen LogP) is 2.79. The molecular weight excluding hydrogens is 280 g/mol. The normalized spacial score (nSPS) is 14.9. The van der Waals surface area contributed by atoms with Gasteiger partial charge in [0.1, 0.15) is 5.75 Å². The van der Waals surface area contributed by atoms with Crippen molar-refractivity contribution in [2.45, 2.75) is 13.0 Å².